The number of thiophene rings is 1. The van der Waals surface area contributed by atoms with Gasteiger partial charge in [0.15, 0.2) is 0 Å². The molecule has 2 aliphatic rings. The van der Waals surface area contributed by atoms with Gasteiger partial charge in [-0.2, -0.15) is 0 Å². The summed E-state index contributed by atoms with van der Waals surface area (Å²) in [6.45, 7) is 6.66. The van der Waals surface area contributed by atoms with Crippen LogP contribution in [0, 0.1) is 11.8 Å². The van der Waals surface area contributed by atoms with Crippen LogP contribution in [0.3, 0.4) is 0 Å². The van der Waals surface area contributed by atoms with E-state index in [9.17, 15) is 5.11 Å². The van der Waals surface area contributed by atoms with E-state index in [0.717, 1.165) is 56.7 Å². The molecule has 4 heteroatoms. The number of hydrogen-bond acceptors (Lipinski definition) is 4. The van der Waals surface area contributed by atoms with Gasteiger partial charge in [0.1, 0.15) is 18.1 Å². The predicted molar refractivity (Wildman–Crippen MR) is 103 cm³/mol. The van der Waals surface area contributed by atoms with Crippen LogP contribution in [0.1, 0.15) is 56.7 Å². The highest BCUT2D eigenvalue weighted by molar-refractivity contribution is 7.10. The predicted octanol–water partition coefficient (Wildman–Crippen LogP) is 5.81. The number of rotatable bonds is 7. The van der Waals surface area contributed by atoms with Crippen molar-refractivity contribution in [2.24, 2.45) is 11.8 Å². The average Bonchev–Trinajstić information content (AvgIpc) is 3.17. The summed E-state index contributed by atoms with van der Waals surface area (Å²) in [6, 6.07) is 4.23. The molecule has 1 saturated heterocycles. The minimum atomic E-state index is 0.258. The number of hydrogen-bond donors (Lipinski definition) is 1. The third-order valence-electron chi connectivity index (χ3n) is 5.57. The van der Waals surface area contributed by atoms with Crippen LogP contribution in [-0.4, -0.2) is 24.9 Å². The van der Waals surface area contributed by atoms with E-state index in [4.69, 9.17) is 9.47 Å². The second-order valence-corrected chi connectivity index (χ2v) is 8.10. The third kappa shape index (κ3) is 4.48. The summed E-state index contributed by atoms with van der Waals surface area (Å²) < 4.78 is 11.6. The Bertz CT molecular complexity index is 597. The molecule has 25 heavy (non-hydrogen) atoms. The fourth-order valence-electron chi connectivity index (χ4n) is 4.00. The molecule has 0 saturated carbocycles. The maximum Gasteiger partial charge on any atom is 0.122 e. The molecule has 0 aromatic carbocycles. The summed E-state index contributed by atoms with van der Waals surface area (Å²) in [5.41, 5.74) is 1.02. The van der Waals surface area contributed by atoms with Crippen molar-refractivity contribution in [1.82, 2.24) is 0 Å². The Balaban J connectivity index is 1.73. The molecule has 0 spiro atoms. The summed E-state index contributed by atoms with van der Waals surface area (Å²) in [7, 11) is 0. The standard InChI is InChI=1S/C21H30O3S/c1-3-16(12-15-7-9-23-10-8-15)20-13-19(22)18(14-24-20)17(4-2)21-6-5-11-25-21/h5-6,11,13,15-17,22H,3-4,7-10,12,14H2,1-2H3. The van der Waals surface area contributed by atoms with Crippen LogP contribution < -0.4 is 0 Å². The fraction of sp³-hybridized carbons (Fsp3) is 0.619. The van der Waals surface area contributed by atoms with Gasteiger partial charge in [0.05, 0.1) is 0 Å². The SMILES string of the molecule is CCC(CC1CCOCC1)C1=CC(O)=C(C(CC)c2cccs2)CO1. The molecule has 1 N–H and O–H groups in total. The molecule has 1 aromatic rings. The Kier molecular flexibility index (Phi) is 6.60. The van der Waals surface area contributed by atoms with Crippen molar-refractivity contribution >= 4 is 11.3 Å². The molecule has 2 unspecified atom stereocenters. The van der Waals surface area contributed by atoms with Gasteiger partial charge < -0.3 is 14.6 Å². The molecule has 138 valence electrons. The van der Waals surface area contributed by atoms with Crippen LogP contribution in [-0.2, 0) is 9.47 Å². The first kappa shape index (κ1) is 18.5. The normalized spacial score (nSPS) is 21.6. The fourth-order valence-corrected chi connectivity index (χ4v) is 4.94. The topological polar surface area (TPSA) is 38.7 Å². The number of aliphatic hydroxyl groups excluding tert-OH is 1. The van der Waals surface area contributed by atoms with E-state index in [1.165, 1.54) is 4.88 Å². The summed E-state index contributed by atoms with van der Waals surface area (Å²) in [5.74, 6) is 2.76. The molecular weight excluding hydrogens is 332 g/mol. The van der Waals surface area contributed by atoms with Gasteiger partial charge in [-0.05, 0) is 49.5 Å². The summed E-state index contributed by atoms with van der Waals surface area (Å²) in [5, 5.41) is 12.8. The van der Waals surface area contributed by atoms with E-state index >= 15 is 0 Å². The van der Waals surface area contributed by atoms with E-state index in [1.54, 1.807) is 11.3 Å². The Morgan fingerprint density at radius 2 is 2.04 bits per heavy atom. The molecule has 0 bridgehead atoms. The average molecular weight is 363 g/mol. The van der Waals surface area contributed by atoms with Crippen molar-refractivity contribution in [3.63, 3.8) is 0 Å². The van der Waals surface area contributed by atoms with E-state index in [0.29, 0.717) is 24.2 Å². The number of ether oxygens (including phenoxy) is 2. The summed E-state index contributed by atoms with van der Waals surface area (Å²) in [6.07, 6.45) is 7.35. The number of allylic oxidation sites excluding steroid dienone is 2. The largest absolute Gasteiger partial charge is 0.508 e. The van der Waals surface area contributed by atoms with Crippen molar-refractivity contribution in [3.8, 4) is 0 Å². The first-order valence-electron chi connectivity index (χ1n) is 9.60. The highest BCUT2D eigenvalue weighted by Gasteiger charge is 2.28. The van der Waals surface area contributed by atoms with Crippen LogP contribution in [0.25, 0.3) is 0 Å². The highest BCUT2D eigenvalue weighted by atomic mass is 32.1. The van der Waals surface area contributed by atoms with Gasteiger partial charge in [-0.15, -0.1) is 11.3 Å². The quantitative estimate of drug-likeness (QED) is 0.665. The molecule has 0 aliphatic carbocycles. The molecule has 3 nitrogen and oxygen atoms in total. The number of aliphatic hydroxyl groups is 1. The molecule has 1 aromatic heterocycles. The lowest BCUT2D eigenvalue weighted by Crippen LogP contribution is -2.22. The monoisotopic (exact) mass is 362 g/mol. The van der Waals surface area contributed by atoms with Crippen molar-refractivity contribution < 1.29 is 14.6 Å². The lowest BCUT2D eigenvalue weighted by molar-refractivity contribution is 0.0555. The van der Waals surface area contributed by atoms with E-state index in [2.05, 4.69) is 31.4 Å². The van der Waals surface area contributed by atoms with Gasteiger partial charge in [-0.1, -0.05) is 19.9 Å². The van der Waals surface area contributed by atoms with E-state index in [1.807, 2.05) is 6.08 Å². The zero-order valence-corrected chi connectivity index (χ0v) is 16.2. The maximum absolute atomic E-state index is 10.7. The zero-order chi connectivity index (χ0) is 17.6. The maximum atomic E-state index is 10.7. The van der Waals surface area contributed by atoms with Gasteiger partial charge in [0, 0.05) is 41.6 Å². The minimum Gasteiger partial charge on any atom is -0.508 e. The summed E-state index contributed by atoms with van der Waals surface area (Å²) in [4.78, 5) is 1.30. The van der Waals surface area contributed by atoms with Crippen LogP contribution >= 0.6 is 11.3 Å². The van der Waals surface area contributed by atoms with Gasteiger partial charge in [0.25, 0.3) is 0 Å². The minimum absolute atomic E-state index is 0.258. The lowest BCUT2D eigenvalue weighted by atomic mass is 9.85. The van der Waals surface area contributed by atoms with Crippen LogP contribution in [0.5, 0.6) is 0 Å². The van der Waals surface area contributed by atoms with Gasteiger partial charge in [-0.3, -0.25) is 0 Å². The Hall–Kier alpha value is -1.26. The molecule has 3 rings (SSSR count). The van der Waals surface area contributed by atoms with Crippen molar-refractivity contribution in [1.29, 1.82) is 0 Å². The molecule has 2 aliphatic heterocycles. The van der Waals surface area contributed by atoms with E-state index in [-0.39, 0.29) is 5.92 Å². The first-order chi connectivity index (χ1) is 12.2. The van der Waals surface area contributed by atoms with Crippen LogP contribution in [0.15, 0.2) is 40.7 Å². The Morgan fingerprint density at radius 1 is 1.24 bits per heavy atom. The van der Waals surface area contributed by atoms with Crippen LogP contribution in [0.2, 0.25) is 0 Å². The molecule has 0 amide bonds. The first-order valence-corrected chi connectivity index (χ1v) is 10.5. The smallest absolute Gasteiger partial charge is 0.122 e. The van der Waals surface area contributed by atoms with Gasteiger partial charge in [0.2, 0.25) is 0 Å². The zero-order valence-electron chi connectivity index (χ0n) is 15.4. The molecule has 0 radical (unpaired) electrons. The highest BCUT2D eigenvalue weighted by Crippen LogP contribution is 2.38. The Morgan fingerprint density at radius 3 is 2.64 bits per heavy atom. The lowest BCUT2D eigenvalue weighted by Gasteiger charge is -2.30. The van der Waals surface area contributed by atoms with Crippen LogP contribution in [0.4, 0.5) is 0 Å². The molecule has 2 atom stereocenters. The second-order valence-electron chi connectivity index (χ2n) is 7.12. The summed E-state index contributed by atoms with van der Waals surface area (Å²) >= 11 is 1.75. The van der Waals surface area contributed by atoms with Gasteiger partial charge in [-0.25, -0.2) is 0 Å². The van der Waals surface area contributed by atoms with Crippen molar-refractivity contribution in [3.05, 3.63) is 45.6 Å². The van der Waals surface area contributed by atoms with Crippen molar-refractivity contribution in [2.75, 3.05) is 19.8 Å². The molecule has 3 heterocycles. The van der Waals surface area contributed by atoms with Crippen molar-refractivity contribution in [2.45, 2.75) is 51.9 Å². The van der Waals surface area contributed by atoms with Gasteiger partial charge >= 0.3 is 0 Å². The molecular formula is C21H30O3S. The Labute approximate surface area is 155 Å². The second kappa shape index (κ2) is 8.91. The third-order valence-corrected chi connectivity index (χ3v) is 6.56. The molecule has 1 fully saturated rings. The van der Waals surface area contributed by atoms with E-state index < -0.39 is 0 Å².